The van der Waals surface area contributed by atoms with Gasteiger partial charge in [-0.05, 0) is 55.5 Å². The van der Waals surface area contributed by atoms with E-state index in [0.717, 1.165) is 31.5 Å². The first-order chi connectivity index (χ1) is 15.0. The van der Waals surface area contributed by atoms with Gasteiger partial charge in [-0.3, -0.25) is 9.59 Å². The van der Waals surface area contributed by atoms with Gasteiger partial charge >= 0.3 is 0 Å². The van der Waals surface area contributed by atoms with Gasteiger partial charge in [0.05, 0.1) is 4.90 Å². The average Bonchev–Trinajstić information content (AvgIpc) is 3.51. The molecule has 0 spiro atoms. The summed E-state index contributed by atoms with van der Waals surface area (Å²) >= 11 is 0. The Kier molecular flexibility index (Phi) is 6.38. The number of rotatable bonds is 6. The van der Waals surface area contributed by atoms with Gasteiger partial charge in [0.1, 0.15) is 6.04 Å². The van der Waals surface area contributed by atoms with Crippen molar-refractivity contribution in [2.45, 2.75) is 43.2 Å². The summed E-state index contributed by atoms with van der Waals surface area (Å²) in [5.74, 6) is -0.255. The van der Waals surface area contributed by atoms with E-state index in [1.165, 1.54) is 4.31 Å². The van der Waals surface area contributed by atoms with Crippen molar-refractivity contribution >= 4 is 21.8 Å². The average molecular weight is 442 g/mol. The van der Waals surface area contributed by atoms with E-state index >= 15 is 0 Å². The second-order valence-electron chi connectivity index (χ2n) is 8.00. The molecule has 0 aromatic heterocycles. The fourth-order valence-corrected chi connectivity index (χ4v) is 5.87. The lowest BCUT2D eigenvalue weighted by atomic mass is 10.1. The Bertz CT molecular complexity index is 1030. The van der Waals surface area contributed by atoms with E-state index in [-0.39, 0.29) is 23.3 Å². The van der Waals surface area contributed by atoms with Gasteiger partial charge in [-0.1, -0.05) is 30.3 Å². The lowest BCUT2D eigenvalue weighted by molar-refractivity contribution is -0.124. The SMILES string of the molecule is O=C(NCc1ccc(C(=O)N2CCCC2)cc1)C1CCCN1S(=O)(=O)c1ccccc1. The van der Waals surface area contributed by atoms with Gasteiger partial charge in [0.15, 0.2) is 0 Å². The van der Waals surface area contributed by atoms with E-state index in [1.54, 1.807) is 42.5 Å². The molecule has 2 amide bonds. The zero-order valence-electron chi connectivity index (χ0n) is 17.4. The highest BCUT2D eigenvalue weighted by molar-refractivity contribution is 7.89. The number of likely N-dealkylation sites (tertiary alicyclic amines) is 1. The highest BCUT2D eigenvalue weighted by Crippen LogP contribution is 2.26. The Morgan fingerprint density at radius 3 is 2.26 bits per heavy atom. The van der Waals surface area contributed by atoms with E-state index in [2.05, 4.69) is 5.32 Å². The minimum absolute atomic E-state index is 0.0424. The summed E-state index contributed by atoms with van der Waals surface area (Å²) in [7, 11) is -3.71. The number of benzene rings is 2. The van der Waals surface area contributed by atoms with Crippen molar-refractivity contribution in [1.82, 2.24) is 14.5 Å². The minimum Gasteiger partial charge on any atom is -0.351 e. The maximum atomic E-state index is 12.9. The van der Waals surface area contributed by atoms with Crippen molar-refractivity contribution in [3.8, 4) is 0 Å². The molecule has 0 saturated carbocycles. The molecule has 2 saturated heterocycles. The van der Waals surface area contributed by atoms with Crippen LogP contribution >= 0.6 is 0 Å². The van der Waals surface area contributed by atoms with Crippen molar-refractivity contribution in [3.05, 3.63) is 65.7 Å². The van der Waals surface area contributed by atoms with E-state index in [0.29, 0.717) is 24.9 Å². The molecule has 164 valence electrons. The van der Waals surface area contributed by atoms with Gasteiger partial charge < -0.3 is 10.2 Å². The summed E-state index contributed by atoms with van der Waals surface area (Å²) in [6.45, 7) is 2.23. The summed E-state index contributed by atoms with van der Waals surface area (Å²) in [6, 6.07) is 14.7. The second kappa shape index (κ2) is 9.20. The van der Waals surface area contributed by atoms with Crippen LogP contribution in [-0.2, 0) is 21.4 Å². The van der Waals surface area contributed by atoms with Gasteiger partial charge in [0.25, 0.3) is 5.91 Å². The topological polar surface area (TPSA) is 86.8 Å². The zero-order chi connectivity index (χ0) is 21.8. The van der Waals surface area contributed by atoms with E-state index in [9.17, 15) is 18.0 Å². The quantitative estimate of drug-likeness (QED) is 0.746. The molecule has 2 aromatic carbocycles. The van der Waals surface area contributed by atoms with Gasteiger partial charge in [-0.15, -0.1) is 0 Å². The summed E-state index contributed by atoms with van der Waals surface area (Å²) in [5, 5.41) is 2.86. The molecule has 8 heteroatoms. The van der Waals surface area contributed by atoms with Crippen LogP contribution in [0.15, 0.2) is 59.5 Å². The first kappa shape index (κ1) is 21.5. The Balaban J connectivity index is 1.37. The molecule has 4 rings (SSSR count). The van der Waals surface area contributed by atoms with Crippen LogP contribution in [-0.4, -0.2) is 55.1 Å². The molecule has 2 aromatic rings. The predicted octanol–water partition coefficient (Wildman–Crippen LogP) is 2.39. The zero-order valence-corrected chi connectivity index (χ0v) is 18.2. The molecule has 1 N–H and O–H groups in total. The number of nitrogens with zero attached hydrogens (tertiary/aromatic N) is 2. The number of carbonyl (C=O) groups is 2. The van der Waals surface area contributed by atoms with Crippen LogP contribution in [0.5, 0.6) is 0 Å². The van der Waals surface area contributed by atoms with Crippen LogP contribution in [0.25, 0.3) is 0 Å². The smallest absolute Gasteiger partial charge is 0.253 e. The Hall–Kier alpha value is -2.71. The van der Waals surface area contributed by atoms with Crippen LogP contribution in [0.2, 0.25) is 0 Å². The first-order valence-corrected chi connectivity index (χ1v) is 12.1. The third-order valence-corrected chi connectivity index (χ3v) is 7.84. The lowest BCUT2D eigenvalue weighted by Gasteiger charge is -2.23. The molecule has 2 aliphatic rings. The maximum Gasteiger partial charge on any atom is 0.253 e. The molecular formula is C23H27N3O4S. The van der Waals surface area contributed by atoms with Crippen LogP contribution < -0.4 is 5.32 Å². The molecule has 1 unspecified atom stereocenters. The summed E-state index contributed by atoms with van der Waals surface area (Å²) in [4.78, 5) is 27.3. The van der Waals surface area contributed by atoms with Crippen LogP contribution in [0, 0.1) is 0 Å². The molecule has 0 bridgehead atoms. The molecule has 31 heavy (non-hydrogen) atoms. The van der Waals surface area contributed by atoms with E-state index < -0.39 is 16.1 Å². The standard InChI is InChI=1S/C23H27N3O4S/c27-22(21-9-6-16-26(21)31(29,30)20-7-2-1-3-8-20)24-17-18-10-12-19(13-11-18)23(28)25-14-4-5-15-25/h1-3,7-8,10-13,21H,4-6,9,14-17H2,(H,24,27). The molecule has 0 aliphatic carbocycles. The molecular weight excluding hydrogens is 414 g/mol. The second-order valence-corrected chi connectivity index (χ2v) is 9.89. The van der Waals surface area contributed by atoms with E-state index in [4.69, 9.17) is 0 Å². The van der Waals surface area contributed by atoms with Gasteiger partial charge in [-0.25, -0.2) is 8.42 Å². The van der Waals surface area contributed by atoms with Crippen molar-refractivity contribution in [2.24, 2.45) is 0 Å². The van der Waals surface area contributed by atoms with Crippen LogP contribution in [0.3, 0.4) is 0 Å². The number of nitrogens with one attached hydrogen (secondary N) is 1. The number of carbonyl (C=O) groups excluding carboxylic acids is 2. The van der Waals surface area contributed by atoms with Crippen molar-refractivity contribution in [2.75, 3.05) is 19.6 Å². The van der Waals surface area contributed by atoms with Gasteiger partial charge in [-0.2, -0.15) is 4.31 Å². The molecule has 2 fully saturated rings. The van der Waals surface area contributed by atoms with Gasteiger partial charge in [0, 0.05) is 31.7 Å². The molecule has 2 aliphatic heterocycles. The normalized spacial score (nSPS) is 19.5. The van der Waals surface area contributed by atoms with Gasteiger partial charge in [0.2, 0.25) is 15.9 Å². The Labute approximate surface area is 183 Å². The largest absolute Gasteiger partial charge is 0.351 e. The Morgan fingerprint density at radius 1 is 0.903 bits per heavy atom. The van der Waals surface area contributed by atoms with Crippen LogP contribution in [0.4, 0.5) is 0 Å². The molecule has 7 nitrogen and oxygen atoms in total. The molecule has 0 radical (unpaired) electrons. The predicted molar refractivity (Wildman–Crippen MR) is 117 cm³/mol. The van der Waals surface area contributed by atoms with Crippen LogP contribution in [0.1, 0.15) is 41.6 Å². The lowest BCUT2D eigenvalue weighted by Crippen LogP contribution is -2.45. The van der Waals surface area contributed by atoms with E-state index in [1.807, 2.05) is 17.0 Å². The summed E-state index contributed by atoms with van der Waals surface area (Å²) < 4.78 is 27.2. The molecule has 1 atom stereocenters. The van der Waals surface area contributed by atoms with Crippen molar-refractivity contribution in [1.29, 1.82) is 0 Å². The fourth-order valence-electron chi connectivity index (χ4n) is 4.19. The third-order valence-electron chi connectivity index (χ3n) is 5.92. The summed E-state index contributed by atoms with van der Waals surface area (Å²) in [6.07, 6.45) is 3.25. The number of amides is 2. The van der Waals surface area contributed by atoms with Crippen molar-refractivity contribution in [3.63, 3.8) is 0 Å². The number of sulfonamides is 1. The maximum absolute atomic E-state index is 12.9. The molecule has 2 heterocycles. The third kappa shape index (κ3) is 4.65. The highest BCUT2D eigenvalue weighted by Gasteiger charge is 2.39. The highest BCUT2D eigenvalue weighted by atomic mass is 32.2. The fraction of sp³-hybridized carbons (Fsp3) is 0.391. The van der Waals surface area contributed by atoms with Crippen molar-refractivity contribution < 1.29 is 18.0 Å². The summed E-state index contributed by atoms with van der Waals surface area (Å²) in [5.41, 5.74) is 1.51. The Morgan fingerprint density at radius 2 is 1.58 bits per heavy atom. The number of hydrogen-bond acceptors (Lipinski definition) is 4. The monoisotopic (exact) mass is 441 g/mol. The minimum atomic E-state index is -3.71. The first-order valence-electron chi connectivity index (χ1n) is 10.7. The number of hydrogen-bond donors (Lipinski definition) is 1.